The molecule has 1 aliphatic heterocycles. The highest BCUT2D eigenvalue weighted by atomic mass is 19.1. The van der Waals surface area contributed by atoms with Gasteiger partial charge >= 0.3 is 0 Å². The molecule has 1 N–H and O–H groups in total. The van der Waals surface area contributed by atoms with E-state index in [0.29, 0.717) is 24.7 Å². The van der Waals surface area contributed by atoms with Crippen molar-refractivity contribution >= 4 is 17.5 Å². The van der Waals surface area contributed by atoms with Crippen LogP contribution in [0.25, 0.3) is 0 Å². The first-order chi connectivity index (χ1) is 13.1. The lowest BCUT2D eigenvalue weighted by Crippen LogP contribution is -2.57. The first kappa shape index (κ1) is 18.4. The topological polar surface area (TPSA) is 52.7 Å². The number of carbonyl (C=O) groups is 2. The summed E-state index contributed by atoms with van der Waals surface area (Å²) in [7, 11) is 0. The standard InChI is InChI=1S/C21H28FN3O2/c22-17-6-3-7-18(14-17)23-20(26)19(15-4-1-2-5-15)24-10-12-25(13-11-24)21(27)16-8-9-16/h3,6-7,14-16,19H,1-2,4-5,8-13H2,(H,23,26)/t19-/m1/s1. The Bertz CT molecular complexity index is 692. The molecule has 27 heavy (non-hydrogen) atoms. The zero-order valence-corrected chi connectivity index (χ0v) is 15.7. The van der Waals surface area contributed by atoms with E-state index < -0.39 is 0 Å². The predicted octanol–water partition coefficient (Wildman–Crippen LogP) is 2.88. The average Bonchev–Trinajstić information content (AvgIpc) is 3.38. The number of halogens is 1. The van der Waals surface area contributed by atoms with Crippen LogP contribution in [0.4, 0.5) is 10.1 Å². The van der Waals surface area contributed by atoms with Crippen molar-refractivity contribution in [3.8, 4) is 0 Å². The molecule has 0 aromatic heterocycles. The summed E-state index contributed by atoms with van der Waals surface area (Å²) in [5.74, 6) is 0.478. The number of nitrogens with zero attached hydrogens (tertiary/aromatic N) is 2. The lowest BCUT2D eigenvalue weighted by Gasteiger charge is -2.40. The van der Waals surface area contributed by atoms with E-state index in [4.69, 9.17) is 0 Å². The molecule has 3 aliphatic rings. The Morgan fingerprint density at radius 1 is 1.04 bits per heavy atom. The number of hydrogen-bond donors (Lipinski definition) is 1. The van der Waals surface area contributed by atoms with Gasteiger partial charge in [-0.25, -0.2) is 4.39 Å². The molecule has 2 amide bonds. The van der Waals surface area contributed by atoms with Crippen molar-refractivity contribution < 1.29 is 14.0 Å². The Balaban J connectivity index is 1.43. The van der Waals surface area contributed by atoms with Gasteiger partial charge in [0.25, 0.3) is 0 Å². The van der Waals surface area contributed by atoms with Crippen molar-refractivity contribution in [1.29, 1.82) is 0 Å². The molecule has 5 nitrogen and oxygen atoms in total. The lowest BCUT2D eigenvalue weighted by molar-refractivity contribution is -0.135. The molecule has 0 bridgehead atoms. The SMILES string of the molecule is O=C(Nc1cccc(F)c1)[C@@H](C1CCCC1)N1CCN(C(=O)C2CC2)CC1. The number of piperazine rings is 1. The highest BCUT2D eigenvalue weighted by Gasteiger charge is 2.39. The van der Waals surface area contributed by atoms with Crippen molar-refractivity contribution in [3.05, 3.63) is 30.1 Å². The van der Waals surface area contributed by atoms with Gasteiger partial charge in [-0.15, -0.1) is 0 Å². The van der Waals surface area contributed by atoms with Crippen LogP contribution in [0.1, 0.15) is 38.5 Å². The van der Waals surface area contributed by atoms with Crippen LogP contribution in [0.2, 0.25) is 0 Å². The zero-order valence-electron chi connectivity index (χ0n) is 15.7. The largest absolute Gasteiger partial charge is 0.340 e. The summed E-state index contributed by atoms with van der Waals surface area (Å²) in [4.78, 5) is 29.6. The summed E-state index contributed by atoms with van der Waals surface area (Å²) < 4.78 is 13.5. The van der Waals surface area contributed by atoms with Gasteiger partial charge in [-0.05, 0) is 49.8 Å². The third-order valence-electron chi connectivity index (χ3n) is 6.15. The molecular formula is C21H28FN3O2. The molecule has 4 rings (SSSR count). The van der Waals surface area contributed by atoms with Crippen LogP contribution in [0, 0.1) is 17.7 Å². The second-order valence-electron chi connectivity index (χ2n) is 8.12. The fraction of sp³-hybridized carbons (Fsp3) is 0.619. The average molecular weight is 373 g/mol. The maximum absolute atomic E-state index is 13.5. The zero-order chi connectivity index (χ0) is 18.8. The molecule has 1 aromatic carbocycles. The van der Waals surface area contributed by atoms with Gasteiger partial charge in [-0.1, -0.05) is 18.9 Å². The minimum atomic E-state index is -0.350. The highest BCUT2D eigenvalue weighted by molar-refractivity contribution is 5.95. The second-order valence-corrected chi connectivity index (χ2v) is 8.12. The molecule has 1 atom stereocenters. The highest BCUT2D eigenvalue weighted by Crippen LogP contribution is 2.33. The van der Waals surface area contributed by atoms with Gasteiger partial charge in [0.05, 0.1) is 6.04 Å². The third-order valence-corrected chi connectivity index (χ3v) is 6.15. The minimum absolute atomic E-state index is 0.0468. The van der Waals surface area contributed by atoms with Crippen LogP contribution in [0.3, 0.4) is 0 Å². The van der Waals surface area contributed by atoms with E-state index >= 15 is 0 Å². The summed E-state index contributed by atoms with van der Waals surface area (Å²) in [5.41, 5.74) is 0.505. The number of rotatable bonds is 5. The number of nitrogens with one attached hydrogen (secondary N) is 1. The summed E-state index contributed by atoms with van der Waals surface area (Å²) in [6.45, 7) is 2.87. The molecule has 2 aliphatic carbocycles. The van der Waals surface area contributed by atoms with Crippen LogP contribution < -0.4 is 5.32 Å². The van der Waals surface area contributed by atoms with Gasteiger partial charge in [0, 0.05) is 37.8 Å². The quantitative estimate of drug-likeness (QED) is 0.864. The van der Waals surface area contributed by atoms with E-state index in [0.717, 1.165) is 51.6 Å². The fourth-order valence-electron chi connectivity index (χ4n) is 4.54. The van der Waals surface area contributed by atoms with Crippen LogP contribution >= 0.6 is 0 Å². The van der Waals surface area contributed by atoms with E-state index in [9.17, 15) is 14.0 Å². The van der Waals surface area contributed by atoms with Gasteiger partial charge in [0.1, 0.15) is 5.82 Å². The van der Waals surface area contributed by atoms with Crippen molar-refractivity contribution in [1.82, 2.24) is 9.80 Å². The number of amides is 2. The summed E-state index contributed by atoms with van der Waals surface area (Å²) >= 11 is 0. The van der Waals surface area contributed by atoms with E-state index in [1.165, 1.54) is 12.1 Å². The van der Waals surface area contributed by atoms with Crippen molar-refractivity contribution in [2.24, 2.45) is 11.8 Å². The van der Waals surface area contributed by atoms with Crippen molar-refractivity contribution in [2.75, 3.05) is 31.5 Å². The van der Waals surface area contributed by atoms with E-state index in [-0.39, 0.29) is 29.6 Å². The summed E-state index contributed by atoms with van der Waals surface area (Å²) in [6, 6.07) is 5.86. The molecule has 0 radical (unpaired) electrons. The molecular weight excluding hydrogens is 345 g/mol. The van der Waals surface area contributed by atoms with Crippen molar-refractivity contribution in [3.63, 3.8) is 0 Å². The fourth-order valence-corrected chi connectivity index (χ4v) is 4.54. The van der Waals surface area contributed by atoms with E-state index in [1.807, 2.05) is 4.90 Å². The normalized spacial score (nSPS) is 22.6. The summed E-state index contributed by atoms with van der Waals surface area (Å²) in [5, 5.41) is 2.92. The van der Waals surface area contributed by atoms with Crippen LogP contribution in [0.5, 0.6) is 0 Å². The monoisotopic (exact) mass is 373 g/mol. The summed E-state index contributed by atoms with van der Waals surface area (Å²) in [6.07, 6.45) is 6.49. The first-order valence-electron chi connectivity index (χ1n) is 10.2. The van der Waals surface area contributed by atoms with Gasteiger partial charge < -0.3 is 10.2 Å². The molecule has 2 saturated carbocycles. The second kappa shape index (κ2) is 7.97. The Labute approximate surface area is 159 Å². The maximum Gasteiger partial charge on any atom is 0.242 e. The molecule has 1 saturated heterocycles. The molecule has 3 fully saturated rings. The molecule has 0 unspecified atom stereocenters. The molecule has 0 spiro atoms. The third kappa shape index (κ3) is 4.32. The Hall–Kier alpha value is -1.95. The van der Waals surface area contributed by atoms with Gasteiger partial charge in [0.15, 0.2) is 0 Å². The Morgan fingerprint density at radius 2 is 1.74 bits per heavy atom. The van der Waals surface area contributed by atoms with Crippen LogP contribution in [-0.4, -0.2) is 53.8 Å². The smallest absolute Gasteiger partial charge is 0.242 e. The predicted molar refractivity (Wildman–Crippen MR) is 102 cm³/mol. The minimum Gasteiger partial charge on any atom is -0.340 e. The number of carbonyl (C=O) groups excluding carboxylic acids is 2. The number of anilines is 1. The van der Waals surface area contributed by atoms with Crippen molar-refractivity contribution in [2.45, 2.75) is 44.6 Å². The van der Waals surface area contributed by atoms with Gasteiger partial charge in [-0.3, -0.25) is 14.5 Å². The molecule has 1 aromatic rings. The lowest BCUT2D eigenvalue weighted by atomic mass is 9.94. The first-order valence-corrected chi connectivity index (χ1v) is 10.2. The number of hydrogen-bond acceptors (Lipinski definition) is 3. The van der Waals surface area contributed by atoms with E-state index in [1.54, 1.807) is 12.1 Å². The van der Waals surface area contributed by atoms with Crippen LogP contribution in [0.15, 0.2) is 24.3 Å². The Morgan fingerprint density at radius 3 is 2.37 bits per heavy atom. The van der Waals surface area contributed by atoms with Gasteiger partial charge in [0.2, 0.25) is 11.8 Å². The maximum atomic E-state index is 13.5. The number of benzene rings is 1. The molecule has 1 heterocycles. The van der Waals surface area contributed by atoms with E-state index in [2.05, 4.69) is 10.2 Å². The van der Waals surface area contributed by atoms with Gasteiger partial charge in [-0.2, -0.15) is 0 Å². The van der Waals surface area contributed by atoms with Crippen LogP contribution in [-0.2, 0) is 9.59 Å². The molecule has 146 valence electrons. The Kier molecular flexibility index (Phi) is 5.43. The molecule has 6 heteroatoms.